The summed E-state index contributed by atoms with van der Waals surface area (Å²) < 4.78 is 0. The van der Waals surface area contributed by atoms with E-state index in [2.05, 4.69) is 10.6 Å². The predicted octanol–water partition coefficient (Wildman–Crippen LogP) is -0.622. The number of urea groups is 1. The molecule has 116 valence electrons. The molecule has 0 aliphatic rings. The molecule has 3 amide bonds. The lowest BCUT2D eigenvalue weighted by Crippen LogP contribution is -2.53. The Morgan fingerprint density at radius 2 is 1.70 bits per heavy atom. The monoisotopic (exact) mass is 289 g/mol. The zero-order chi connectivity index (χ0) is 15.7. The van der Waals surface area contributed by atoms with Crippen LogP contribution in [0.4, 0.5) is 4.79 Å². The van der Waals surface area contributed by atoms with Crippen molar-refractivity contribution in [1.82, 2.24) is 15.5 Å². The maximum atomic E-state index is 11.9. The molecule has 0 aromatic heterocycles. The number of nitrogens with one attached hydrogen (secondary N) is 2. The highest BCUT2D eigenvalue weighted by Gasteiger charge is 2.23. The van der Waals surface area contributed by atoms with Crippen LogP contribution in [0.15, 0.2) is 0 Å². The van der Waals surface area contributed by atoms with E-state index in [0.717, 1.165) is 0 Å². The van der Waals surface area contributed by atoms with Crippen molar-refractivity contribution in [2.45, 2.75) is 39.3 Å². The van der Waals surface area contributed by atoms with Gasteiger partial charge < -0.3 is 25.7 Å². The number of aliphatic hydroxyl groups excluding tert-OH is 1. The van der Waals surface area contributed by atoms with E-state index in [1.165, 1.54) is 6.92 Å². The number of hydrogen-bond donors (Lipinski definition) is 4. The smallest absolute Gasteiger partial charge is 0.326 e. The highest BCUT2D eigenvalue weighted by Crippen LogP contribution is 1.96. The van der Waals surface area contributed by atoms with Gasteiger partial charge in [-0.05, 0) is 20.8 Å². The van der Waals surface area contributed by atoms with Crippen LogP contribution >= 0.6 is 0 Å². The largest absolute Gasteiger partial charge is 0.480 e. The topological polar surface area (TPSA) is 119 Å². The second-order valence-electron chi connectivity index (χ2n) is 4.25. The van der Waals surface area contributed by atoms with Gasteiger partial charge in [-0.3, -0.25) is 4.79 Å². The Labute approximate surface area is 118 Å². The summed E-state index contributed by atoms with van der Waals surface area (Å²) in [5.74, 6) is -1.48. The Morgan fingerprint density at radius 3 is 2.10 bits per heavy atom. The Morgan fingerprint density at radius 1 is 1.15 bits per heavy atom. The summed E-state index contributed by atoms with van der Waals surface area (Å²) in [6, 6.07) is -2.69. The first-order chi connectivity index (χ1) is 9.37. The van der Waals surface area contributed by atoms with Gasteiger partial charge in [0.2, 0.25) is 5.91 Å². The molecular formula is C12H23N3O5. The fraction of sp³-hybridized carbons (Fsp3) is 0.750. The molecule has 0 fully saturated rings. The van der Waals surface area contributed by atoms with Gasteiger partial charge >= 0.3 is 12.0 Å². The lowest BCUT2D eigenvalue weighted by atomic mass is 10.2. The molecule has 0 spiro atoms. The van der Waals surface area contributed by atoms with Crippen LogP contribution in [0.25, 0.3) is 0 Å². The molecule has 0 rings (SSSR count). The molecule has 0 aromatic carbocycles. The number of rotatable bonds is 8. The molecule has 0 aliphatic carbocycles. The Bertz CT molecular complexity index is 344. The Hall–Kier alpha value is -1.83. The molecule has 2 atom stereocenters. The van der Waals surface area contributed by atoms with Crippen molar-refractivity contribution in [3.63, 3.8) is 0 Å². The fourth-order valence-corrected chi connectivity index (χ4v) is 1.65. The van der Waals surface area contributed by atoms with Crippen LogP contribution in [0.1, 0.15) is 27.2 Å². The summed E-state index contributed by atoms with van der Waals surface area (Å²) in [5.41, 5.74) is 0. The Balaban J connectivity index is 4.44. The lowest BCUT2D eigenvalue weighted by Gasteiger charge is -2.24. The first-order valence-electron chi connectivity index (χ1n) is 6.56. The first kappa shape index (κ1) is 18.2. The Kier molecular flexibility index (Phi) is 8.30. The van der Waals surface area contributed by atoms with E-state index in [4.69, 9.17) is 10.2 Å². The molecule has 0 aliphatic heterocycles. The molecule has 2 unspecified atom stereocenters. The lowest BCUT2D eigenvalue weighted by molar-refractivity contribution is -0.139. The quantitative estimate of drug-likeness (QED) is 0.475. The number of aliphatic carboxylic acids is 1. The maximum Gasteiger partial charge on any atom is 0.326 e. The van der Waals surface area contributed by atoms with Crippen molar-refractivity contribution in [2.24, 2.45) is 0 Å². The minimum Gasteiger partial charge on any atom is -0.480 e. The third kappa shape index (κ3) is 5.87. The van der Waals surface area contributed by atoms with E-state index in [1.807, 2.05) is 13.8 Å². The SMILES string of the molecule is CCN(CC)C(=O)C(C)NC(=O)NC(CCO)C(=O)O. The van der Waals surface area contributed by atoms with Crippen LogP contribution in [-0.2, 0) is 9.59 Å². The highest BCUT2D eigenvalue weighted by molar-refractivity contribution is 5.88. The number of amides is 3. The number of aliphatic hydroxyl groups is 1. The minimum absolute atomic E-state index is 0.0961. The van der Waals surface area contributed by atoms with Gasteiger partial charge in [0.15, 0.2) is 0 Å². The average Bonchev–Trinajstić information content (AvgIpc) is 2.39. The van der Waals surface area contributed by atoms with E-state index in [1.54, 1.807) is 4.90 Å². The van der Waals surface area contributed by atoms with Crippen molar-refractivity contribution in [3.8, 4) is 0 Å². The summed E-state index contributed by atoms with van der Waals surface area (Å²) in [6.07, 6.45) is -0.0961. The molecule has 8 heteroatoms. The molecule has 0 aromatic rings. The number of carbonyl (C=O) groups excluding carboxylic acids is 2. The average molecular weight is 289 g/mol. The normalized spacial score (nSPS) is 13.2. The number of nitrogens with zero attached hydrogens (tertiary/aromatic N) is 1. The third-order valence-corrected chi connectivity index (χ3v) is 2.81. The van der Waals surface area contributed by atoms with Crippen molar-refractivity contribution < 1.29 is 24.6 Å². The number of carbonyl (C=O) groups is 3. The highest BCUT2D eigenvalue weighted by atomic mass is 16.4. The van der Waals surface area contributed by atoms with Crippen LogP contribution in [0.5, 0.6) is 0 Å². The van der Waals surface area contributed by atoms with Crippen LogP contribution in [0.2, 0.25) is 0 Å². The van der Waals surface area contributed by atoms with E-state index >= 15 is 0 Å². The summed E-state index contributed by atoms with van der Waals surface area (Å²) in [6.45, 7) is 5.90. The molecule has 0 heterocycles. The van der Waals surface area contributed by atoms with Gasteiger partial charge in [0.1, 0.15) is 12.1 Å². The molecule has 0 saturated heterocycles. The fourth-order valence-electron chi connectivity index (χ4n) is 1.65. The van der Waals surface area contributed by atoms with Gasteiger partial charge in [0.25, 0.3) is 0 Å². The van der Waals surface area contributed by atoms with Crippen molar-refractivity contribution in [1.29, 1.82) is 0 Å². The van der Waals surface area contributed by atoms with E-state index in [-0.39, 0.29) is 18.9 Å². The van der Waals surface area contributed by atoms with Gasteiger partial charge in [-0.1, -0.05) is 0 Å². The molecule has 8 nitrogen and oxygen atoms in total. The van der Waals surface area contributed by atoms with Gasteiger partial charge in [0.05, 0.1) is 0 Å². The third-order valence-electron chi connectivity index (χ3n) is 2.81. The van der Waals surface area contributed by atoms with Crippen molar-refractivity contribution in [3.05, 3.63) is 0 Å². The summed E-state index contributed by atoms with van der Waals surface area (Å²) >= 11 is 0. The second-order valence-corrected chi connectivity index (χ2v) is 4.25. The summed E-state index contributed by atoms with van der Waals surface area (Å²) in [7, 11) is 0. The number of carboxylic acid groups (broad SMARTS) is 1. The summed E-state index contributed by atoms with van der Waals surface area (Å²) in [5, 5.41) is 22.1. The molecular weight excluding hydrogens is 266 g/mol. The van der Waals surface area contributed by atoms with E-state index < -0.39 is 24.1 Å². The van der Waals surface area contributed by atoms with Gasteiger partial charge in [-0.15, -0.1) is 0 Å². The zero-order valence-electron chi connectivity index (χ0n) is 12.0. The molecule has 0 bridgehead atoms. The predicted molar refractivity (Wildman–Crippen MR) is 72.2 cm³/mol. The standard InChI is InChI=1S/C12H23N3O5/c1-4-15(5-2)10(17)8(3)13-12(20)14-9(6-7-16)11(18)19/h8-9,16H,4-7H2,1-3H3,(H,18,19)(H2,13,14,20). The molecule has 4 N–H and O–H groups in total. The van der Waals surface area contributed by atoms with Crippen LogP contribution in [0.3, 0.4) is 0 Å². The van der Waals surface area contributed by atoms with Gasteiger partial charge in [0, 0.05) is 26.1 Å². The molecule has 0 saturated carbocycles. The van der Waals surface area contributed by atoms with Crippen molar-refractivity contribution in [2.75, 3.05) is 19.7 Å². The summed E-state index contributed by atoms with van der Waals surface area (Å²) in [4.78, 5) is 35.9. The number of hydrogen-bond acceptors (Lipinski definition) is 4. The van der Waals surface area contributed by atoms with E-state index in [9.17, 15) is 14.4 Å². The second kappa shape index (κ2) is 9.13. The van der Waals surface area contributed by atoms with Crippen molar-refractivity contribution >= 4 is 17.9 Å². The number of carboxylic acids is 1. The van der Waals surface area contributed by atoms with Crippen LogP contribution in [-0.4, -0.2) is 64.8 Å². The van der Waals surface area contributed by atoms with Crippen LogP contribution in [0, 0.1) is 0 Å². The first-order valence-corrected chi connectivity index (χ1v) is 6.56. The van der Waals surface area contributed by atoms with E-state index in [0.29, 0.717) is 13.1 Å². The minimum atomic E-state index is -1.24. The molecule has 0 radical (unpaired) electrons. The number of likely N-dealkylation sites (N-methyl/N-ethyl adjacent to an activating group) is 1. The van der Waals surface area contributed by atoms with Crippen LogP contribution < -0.4 is 10.6 Å². The molecule has 20 heavy (non-hydrogen) atoms. The zero-order valence-corrected chi connectivity index (χ0v) is 12.0. The maximum absolute atomic E-state index is 11.9. The van der Waals surface area contributed by atoms with Gasteiger partial charge in [-0.2, -0.15) is 0 Å². The van der Waals surface area contributed by atoms with Gasteiger partial charge in [-0.25, -0.2) is 9.59 Å².